The van der Waals surface area contributed by atoms with Crippen molar-refractivity contribution in [1.82, 2.24) is 14.5 Å². The van der Waals surface area contributed by atoms with E-state index in [0.29, 0.717) is 11.5 Å². The summed E-state index contributed by atoms with van der Waals surface area (Å²) in [5.41, 5.74) is 15.3. The molecule has 0 amide bonds. The van der Waals surface area contributed by atoms with E-state index in [1.54, 1.807) is 0 Å². The molecule has 1 aliphatic carbocycles. The van der Waals surface area contributed by atoms with E-state index < -0.39 is 0 Å². The summed E-state index contributed by atoms with van der Waals surface area (Å²) in [6, 6.07) is 63.0. The smallest absolute Gasteiger partial charge is 0.231 e. The highest BCUT2D eigenvalue weighted by Crippen LogP contribution is 2.52. The molecule has 11 aromatic rings. The van der Waals surface area contributed by atoms with E-state index in [2.05, 4.69) is 170 Å². The van der Waals surface area contributed by atoms with Crippen LogP contribution in [0, 0.1) is 0 Å². The molecule has 268 valence electrons. The molecule has 0 N–H and O–H groups in total. The van der Waals surface area contributed by atoms with Gasteiger partial charge in [0.2, 0.25) is 5.71 Å². The summed E-state index contributed by atoms with van der Waals surface area (Å²) in [7, 11) is 0. The molecule has 0 radical (unpaired) electrons. The van der Waals surface area contributed by atoms with E-state index >= 15 is 0 Å². The fourth-order valence-electron chi connectivity index (χ4n) is 9.56. The lowest BCUT2D eigenvalue weighted by molar-refractivity contribution is 0.653. The second-order valence-corrected chi connectivity index (χ2v) is 15.8. The lowest BCUT2D eigenvalue weighted by Crippen LogP contribution is -2.15. The number of rotatable bonds is 4. The molecule has 0 unspecified atom stereocenters. The van der Waals surface area contributed by atoms with Crippen LogP contribution in [0.15, 0.2) is 180 Å². The van der Waals surface area contributed by atoms with Crippen LogP contribution >= 0.6 is 0 Å². The summed E-state index contributed by atoms with van der Waals surface area (Å²) in [5, 5.41) is 6.93. The van der Waals surface area contributed by atoms with Gasteiger partial charge in [0.1, 0.15) is 5.58 Å². The SMILES string of the molecule is CC1(C)c2ccccc2-c2ccc3cc4c(cc3c21)c1cc(-c2ccccc2)ccc1n4-c1cccc(-c2nc(-c3ccccc3)c3c(n2)oc2ccccc23)c1. The molecule has 0 saturated heterocycles. The lowest BCUT2D eigenvalue weighted by Gasteiger charge is -2.23. The predicted molar refractivity (Wildman–Crippen MR) is 235 cm³/mol. The highest BCUT2D eigenvalue weighted by atomic mass is 16.3. The Morgan fingerprint density at radius 3 is 2.09 bits per heavy atom. The Kier molecular flexibility index (Phi) is 6.65. The molecule has 12 rings (SSSR count). The zero-order chi connectivity index (χ0) is 37.8. The topological polar surface area (TPSA) is 43.9 Å². The zero-order valence-electron chi connectivity index (χ0n) is 31.5. The third kappa shape index (κ3) is 4.68. The Labute approximate surface area is 329 Å². The van der Waals surface area contributed by atoms with E-state index in [9.17, 15) is 0 Å². The monoisotopic (exact) mass is 729 g/mol. The highest BCUT2D eigenvalue weighted by Gasteiger charge is 2.36. The second-order valence-electron chi connectivity index (χ2n) is 15.8. The second kappa shape index (κ2) is 11.8. The summed E-state index contributed by atoms with van der Waals surface area (Å²) >= 11 is 0. The number of hydrogen-bond acceptors (Lipinski definition) is 3. The minimum atomic E-state index is -0.124. The van der Waals surface area contributed by atoms with E-state index in [1.807, 2.05) is 24.3 Å². The minimum absolute atomic E-state index is 0.124. The standard InChI is InChI=1S/C53H35N3O/c1-53(2)44-22-11-9-20-38(44)39-26-24-35-30-46-43(31-41(35)49(39)53)42-29-34(32-14-5-3-6-15-32)25-27-45(42)56(46)37-19-13-18-36(28-37)51-54-50(33-16-7-4-8-17-33)48-40-21-10-12-23-47(40)57-52(48)55-51/h3-31H,1-2H3. The number of fused-ring (bicyclic) bond motifs is 11. The van der Waals surface area contributed by atoms with Crippen molar-refractivity contribution in [2.75, 3.05) is 0 Å². The van der Waals surface area contributed by atoms with Crippen molar-refractivity contribution in [2.24, 2.45) is 0 Å². The molecular weight excluding hydrogens is 695 g/mol. The van der Waals surface area contributed by atoms with Crippen LogP contribution in [0.2, 0.25) is 0 Å². The molecular formula is C53H35N3O. The number of aromatic nitrogens is 3. The van der Waals surface area contributed by atoms with Crippen LogP contribution in [-0.2, 0) is 5.41 Å². The van der Waals surface area contributed by atoms with Crippen LogP contribution in [0.25, 0.3) is 105 Å². The van der Waals surface area contributed by atoms with Crippen LogP contribution in [0.3, 0.4) is 0 Å². The van der Waals surface area contributed by atoms with E-state index in [0.717, 1.165) is 49.9 Å². The van der Waals surface area contributed by atoms with Crippen LogP contribution in [-0.4, -0.2) is 14.5 Å². The summed E-state index contributed by atoms with van der Waals surface area (Å²) in [6.45, 7) is 4.75. The number of hydrogen-bond donors (Lipinski definition) is 0. The molecule has 57 heavy (non-hydrogen) atoms. The quantitative estimate of drug-likeness (QED) is 0.181. The summed E-state index contributed by atoms with van der Waals surface area (Å²) in [5.74, 6) is 0.622. The maximum absolute atomic E-state index is 6.39. The molecule has 1 aliphatic rings. The van der Waals surface area contributed by atoms with Crippen LogP contribution in [0.1, 0.15) is 25.0 Å². The van der Waals surface area contributed by atoms with Gasteiger partial charge in [-0.25, -0.2) is 4.98 Å². The largest absolute Gasteiger partial charge is 0.438 e. The fourth-order valence-corrected chi connectivity index (χ4v) is 9.56. The van der Waals surface area contributed by atoms with Crippen molar-refractivity contribution in [3.63, 3.8) is 0 Å². The number of nitrogens with zero attached hydrogens (tertiary/aromatic N) is 3. The van der Waals surface area contributed by atoms with Crippen LogP contribution in [0.5, 0.6) is 0 Å². The van der Waals surface area contributed by atoms with E-state index in [4.69, 9.17) is 14.4 Å². The first-order valence-electron chi connectivity index (χ1n) is 19.6. The van der Waals surface area contributed by atoms with Crippen molar-refractivity contribution in [3.05, 3.63) is 187 Å². The van der Waals surface area contributed by atoms with E-state index in [-0.39, 0.29) is 5.41 Å². The Morgan fingerprint density at radius 2 is 1.23 bits per heavy atom. The van der Waals surface area contributed by atoms with Gasteiger partial charge in [0.05, 0.1) is 22.1 Å². The number of benzene rings is 8. The molecule has 3 aromatic heterocycles. The normalized spacial score (nSPS) is 13.2. The van der Waals surface area contributed by atoms with Gasteiger partial charge in [-0.3, -0.25) is 0 Å². The predicted octanol–water partition coefficient (Wildman–Crippen LogP) is 13.9. The van der Waals surface area contributed by atoms with Gasteiger partial charge in [-0.1, -0.05) is 147 Å². The first kappa shape index (κ1) is 32.0. The van der Waals surface area contributed by atoms with Crippen molar-refractivity contribution in [1.29, 1.82) is 0 Å². The Bertz CT molecular complexity index is 3430. The summed E-state index contributed by atoms with van der Waals surface area (Å²) < 4.78 is 8.80. The van der Waals surface area contributed by atoms with Crippen molar-refractivity contribution in [2.45, 2.75) is 19.3 Å². The van der Waals surface area contributed by atoms with Gasteiger partial charge in [0, 0.05) is 38.4 Å². The molecule has 0 bridgehead atoms. The highest BCUT2D eigenvalue weighted by molar-refractivity contribution is 6.16. The molecule has 0 aliphatic heterocycles. The molecule has 0 spiro atoms. The first-order chi connectivity index (χ1) is 28.0. The molecule has 3 heterocycles. The molecule has 0 saturated carbocycles. The summed E-state index contributed by atoms with van der Waals surface area (Å²) in [6.07, 6.45) is 0. The molecule has 0 fully saturated rings. The van der Waals surface area contributed by atoms with Crippen molar-refractivity contribution in [3.8, 4) is 50.6 Å². The van der Waals surface area contributed by atoms with Gasteiger partial charge in [-0.05, 0) is 86.6 Å². The molecule has 4 heteroatoms. The van der Waals surface area contributed by atoms with Crippen molar-refractivity contribution < 1.29 is 4.42 Å². The van der Waals surface area contributed by atoms with E-state index in [1.165, 1.54) is 54.9 Å². The van der Waals surface area contributed by atoms with Gasteiger partial charge >= 0.3 is 0 Å². The average molecular weight is 730 g/mol. The number of furan rings is 1. The molecule has 4 nitrogen and oxygen atoms in total. The first-order valence-corrected chi connectivity index (χ1v) is 19.6. The Morgan fingerprint density at radius 1 is 0.491 bits per heavy atom. The zero-order valence-corrected chi connectivity index (χ0v) is 31.5. The van der Waals surface area contributed by atoms with Gasteiger partial charge < -0.3 is 8.98 Å². The third-order valence-corrected chi connectivity index (χ3v) is 12.2. The number of para-hydroxylation sites is 1. The van der Waals surface area contributed by atoms with Gasteiger partial charge in [-0.2, -0.15) is 4.98 Å². The van der Waals surface area contributed by atoms with Crippen LogP contribution < -0.4 is 0 Å². The maximum atomic E-state index is 6.39. The summed E-state index contributed by atoms with van der Waals surface area (Å²) in [4.78, 5) is 10.4. The molecule has 8 aromatic carbocycles. The van der Waals surface area contributed by atoms with Gasteiger partial charge in [-0.15, -0.1) is 0 Å². The minimum Gasteiger partial charge on any atom is -0.438 e. The Balaban J connectivity index is 1.11. The van der Waals surface area contributed by atoms with Gasteiger partial charge in [0.15, 0.2) is 5.82 Å². The average Bonchev–Trinajstić information content (AvgIpc) is 3.88. The van der Waals surface area contributed by atoms with Gasteiger partial charge in [0.25, 0.3) is 0 Å². The Hall–Kier alpha value is -7.30. The fraction of sp³-hybridized carbons (Fsp3) is 0.0566. The van der Waals surface area contributed by atoms with Crippen molar-refractivity contribution >= 4 is 54.6 Å². The van der Waals surface area contributed by atoms with Crippen LogP contribution in [0.4, 0.5) is 0 Å². The third-order valence-electron chi connectivity index (χ3n) is 12.2. The lowest BCUT2D eigenvalue weighted by atomic mass is 9.80. The maximum Gasteiger partial charge on any atom is 0.231 e. The molecule has 0 atom stereocenters.